The molecule has 0 saturated carbocycles. The van der Waals surface area contributed by atoms with Crippen molar-refractivity contribution < 1.29 is 18.4 Å². The molecule has 1 fully saturated rings. The van der Waals surface area contributed by atoms with E-state index in [1.54, 1.807) is 12.1 Å². The third kappa shape index (κ3) is 4.99. The number of hydrogen-bond donors (Lipinski definition) is 0. The molecule has 0 atom stereocenters. The van der Waals surface area contributed by atoms with Gasteiger partial charge in [-0.25, -0.2) is 4.39 Å². The lowest BCUT2D eigenvalue weighted by atomic mass is 10.0. The quantitative estimate of drug-likeness (QED) is 0.552. The zero-order valence-corrected chi connectivity index (χ0v) is 18.5. The third-order valence-electron chi connectivity index (χ3n) is 5.65. The standard InChI is InChI=1S/C25H28FN3O3/c1-18(2)29(23(30)16-19-6-4-3-5-7-19)17-22-24(20-8-10-21(26)11-9-20)27-32-25(22)28-12-14-31-15-13-28/h3-11,18H,12-17H2,1-2H3. The van der Waals surface area contributed by atoms with Crippen LogP contribution < -0.4 is 4.90 Å². The van der Waals surface area contributed by atoms with Gasteiger partial charge in [0.25, 0.3) is 0 Å². The largest absolute Gasteiger partial charge is 0.378 e. The summed E-state index contributed by atoms with van der Waals surface area (Å²) in [6.07, 6.45) is 0.322. The third-order valence-corrected chi connectivity index (χ3v) is 5.65. The minimum absolute atomic E-state index is 0.0141. The minimum atomic E-state index is -0.311. The summed E-state index contributed by atoms with van der Waals surface area (Å²) in [7, 11) is 0. The van der Waals surface area contributed by atoms with Crippen molar-refractivity contribution >= 4 is 11.8 Å². The molecule has 6 nitrogen and oxygen atoms in total. The molecule has 32 heavy (non-hydrogen) atoms. The lowest BCUT2D eigenvalue weighted by molar-refractivity contribution is -0.132. The van der Waals surface area contributed by atoms with Crippen molar-refractivity contribution in [1.82, 2.24) is 10.1 Å². The molecular formula is C25H28FN3O3. The van der Waals surface area contributed by atoms with Crippen molar-refractivity contribution in [1.29, 1.82) is 0 Å². The van der Waals surface area contributed by atoms with Gasteiger partial charge >= 0.3 is 0 Å². The highest BCUT2D eigenvalue weighted by atomic mass is 19.1. The zero-order chi connectivity index (χ0) is 22.5. The topological polar surface area (TPSA) is 58.8 Å². The van der Waals surface area contributed by atoms with Crippen LogP contribution in [0.3, 0.4) is 0 Å². The van der Waals surface area contributed by atoms with Gasteiger partial charge in [0.1, 0.15) is 11.5 Å². The van der Waals surface area contributed by atoms with Gasteiger partial charge in [-0.05, 0) is 43.7 Å². The first-order valence-corrected chi connectivity index (χ1v) is 10.9. The lowest BCUT2D eigenvalue weighted by Gasteiger charge is -2.30. The maximum atomic E-state index is 13.5. The molecule has 168 valence electrons. The molecule has 7 heteroatoms. The first-order valence-electron chi connectivity index (χ1n) is 10.9. The highest BCUT2D eigenvalue weighted by Crippen LogP contribution is 2.33. The van der Waals surface area contributed by atoms with Crippen LogP contribution in [-0.4, -0.2) is 48.3 Å². The molecule has 1 aliphatic rings. The molecule has 1 aromatic heterocycles. The Morgan fingerprint density at radius 3 is 2.44 bits per heavy atom. The van der Waals surface area contributed by atoms with Crippen LogP contribution in [-0.2, 0) is 22.5 Å². The molecular weight excluding hydrogens is 409 g/mol. The summed E-state index contributed by atoms with van der Waals surface area (Å²) < 4.78 is 24.8. The molecule has 0 bridgehead atoms. The van der Waals surface area contributed by atoms with Gasteiger partial charge in [0, 0.05) is 24.7 Å². The summed E-state index contributed by atoms with van der Waals surface area (Å²) in [6.45, 7) is 6.94. The number of nitrogens with zero attached hydrogens (tertiary/aromatic N) is 3. The van der Waals surface area contributed by atoms with Crippen LogP contribution in [0.25, 0.3) is 11.3 Å². The van der Waals surface area contributed by atoms with Crippen LogP contribution >= 0.6 is 0 Å². The maximum absolute atomic E-state index is 13.5. The zero-order valence-electron chi connectivity index (χ0n) is 18.5. The number of aromatic nitrogens is 1. The molecule has 0 radical (unpaired) electrons. The number of carbonyl (C=O) groups excluding carboxylic acids is 1. The predicted octanol–water partition coefficient (Wildman–Crippen LogP) is 4.30. The van der Waals surface area contributed by atoms with Crippen molar-refractivity contribution in [3.8, 4) is 11.3 Å². The first kappa shape index (κ1) is 22.0. The molecule has 2 heterocycles. The summed E-state index contributed by atoms with van der Waals surface area (Å²) >= 11 is 0. The molecule has 1 aliphatic heterocycles. The number of ether oxygens (including phenoxy) is 1. The van der Waals surface area contributed by atoms with E-state index in [0.29, 0.717) is 50.8 Å². The summed E-state index contributed by atoms with van der Waals surface area (Å²) in [5.74, 6) is 0.366. The number of anilines is 1. The fourth-order valence-corrected chi connectivity index (χ4v) is 3.89. The van der Waals surface area contributed by atoms with Crippen molar-refractivity contribution in [2.75, 3.05) is 31.2 Å². The second-order valence-electron chi connectivity index (χ2n) is 8.20. The second-order valence-corrected chi connectivity index (χ2v) is 8.20. The van der Waals surface area contributed by atoms with Crippen LogP contribution in [0.1, 0.15) is 25.0 Å². The summed E-state index contributed by atoms with van der Waals surface area (Å²) in [5, 5.41) is 4.33. The highest BCUT2D eigenvalue weighted by molar-refractivity contribution is 5.80. The monoisotopic (exact) mass is 437 g/mol. The van der Waals surface area contributed by atoms with E-state index in [-0.39, 0.29) is 17.8 Å². The van der Waals surface area contributed by atoms with Crippen LogP contribution in [0, 0.1) is 5.82 Å². The molecule has 3 aromatic rings. The Labute approximate surface area is 187 Å². The summed E-state index contributed by atoms with van der Waals surface area (Å²) in [4.78, 5) is 17.2. The number of halogens is 1. The van der Waals surface area contributed by atoms with Crippen LogP contribution in [0.5, 0.6) is 0 Å². The number of benzene rings is 2. The van der Waals surface area contributed by atoms with E-state index in [1.165, 1.54) is 12.1 Å². The Kier molecular flexibility index (Phi) is 6.85. The van der Waals surface area contributed by atoms with Crippen molar-refractivity contribution in [2.24, 2.45) is 0 Å². The maximum Gasteiger partial charge on any atom is 0.233 e. The molecule has 2 aromatic carbocycles. The smallest absolute Gasteiger partial charge is 0.233 e. The van der Waals surface area contributed by atoms with Crippen LogP contribution in [0.15, 0.2) is 59.1 Å². The molecule has 1 saturated heterocycles. The number of hydrogen-bond acceptors (Lipinski definition) is 5. The molecule has 4 rings (SSSR count). The van der Waals surface area contributed by atoms with Gasteiger partial charge in [0.2, 0.25) is 11.8 Å². The predicted molar refractivity (Wildman–Crippen MR) is 121 cm³/mol. The summed E-state index contributed by atoms with van der Waals surface area (Å²) in [5.41, 5.74) is 3.18. The Bertz CT molecular complexity index is 1030. The van der Waals surface area contributed by atoms with E-state index in [2.05, 4.69) is 10.1 Å². The average Bonchev–Trinajstić information content (AvgIpc) is 3.22. The van der Waals surface area contributed by atoms with Gasteiger partial charge in [-0.1, -0.05) is 35.5 Å². The van der Waals surface area contributed by atoms with E-state index in [0.717, 1.165) is 16.7 Å². The van der Waals surface area contributed by atoms with Gasteiger partial charge in [-0.15, -0.1) is 0 Å². The number of rotatable bonds is 7. The highest BCUT2D eigenvalue weighted by Gasteiger charge is 2.28. The van der Waals surface area contributed by atoms with Crippen molar-refractivity contribution in [2.45, 2.75) is 32.9 Å². The van der Waals surface area contributed by atoms with Gasteiger partial charge < -0.3 is 19.1 Å². The van der Waals surface area contributed by atoms with E-state index in [1.807, 2.05) is 49.1 Å². The molecule has 0 aliphatic carbocycles. The van der Waals surface area contributed by atoms with Gasteiger partial charge in [0.05, 0.1) is 31.7 Å². The Morgan fingerprint density at radius 2 is 1.78 bits per heavy atom. The second kappa shape index (κ2) is 9.96. The van der Waals surface area contributed by atoms with E-state index < -0.39 is 0 Å². The number of morpholine rings is 1. The Balaban J connectivity index is 1.67. The fourth-order valence-electron chi connectivity index (χ4n) is 3.89. The SMILES string of the molecule is CC(C)N(Cc1c(-c2ccc(F)cc2)noc1N1CCOCC1)C(=O)Cc1ccccc1. The van der Waals surface area contributed by atoms with Crippen molar-refractivity contribution in [3.05, 3.63) is 71.5 Å². The lowest BCUT2D eigenvalue weighted by Crippen LogP contribution is -2.39. The Morgan fingerprint density at radius 1 is 1.09 bits per heavy atom. The number of amides is 1. The van der Waals surface area contributed by atoms with E-state index in [9.17, 15) is 9.18 Å². The molecule has 1 amide bonds. The van der Waals surface area contributed by atoms with E-state index in [4.69, 9.17) is 9.26 Å². The Hall–Kier alpha value is -3.19. The van der Waals surface area contributed by atoms with E-state index >= 15 is 0 Å². The summed E-state index contributed by atoms with van der Waals surface area (Å²) in [6, 6.07) is 15.9. The van der Waals surface area contributed by atoms with Crippen LogP contribution in [0.2, 0.25) is 0 Å². The first-order chi connectivity index (χ1) is 15.5. The molecule has 0 unspecified atom stereocenters. The normalized spacial score (nSPS) is 14.1. The fraction of sp³-hybridized carbons (Fsp3) is 0.360. The average molecular weight is 438 g/mol. The van der Waals surface area contributed by atoms with Gasteiger partial charge in [-0.2, -0.15) is 0 Å². The minimum Gasteiger partial charge on any atom is -0.378 e. The molecule has 0 N–H and O–H groups in total. The molecule has 0 spiro atoms. The van der Waals surface area contributed by atoms with Gasteiger partial charge in [0.15, 0.2) is 0 Å². The van der Waals surface area contributed by atoms with Crippen molar-refractivity contribution in [3.63, 3.8) is 0 Å². The number of carbonyl (C=O) groups is 1. The van der Waals surface area contributed by atoms with Gasteiger partial charge in [-0.3, -0.25) is 4.79 Å². The van der Waals surface area contributed by atoms with Crippen LogP contribution in [0.4, 0.5) is 10.3 Å².